The summed E-state index contributed by atoms with van der Waals surface area (Å²) in [5.74, 6) is -0.0676. The number of hydrogen-bond donors (Lipinski definition) is 1. The largest absolute Gasteiger partial charge is 0.323 e. The monoisotopic (exact) mass is 496 g/mol. The van der Waals surface area contributed by atoms with Gasteiger partial charge in [0.25, 0.3) is 5.56 Å². The normalized spacial score (nSPS) is 11.9. The molecule has 1 amide bonds. The SMILES string of the molecule is CC(C)N(CCn1c(SCC(=O)Nc2cccc3nsnc23)nc2ccccc2c1=O)C(C)C. The van der Waals surface area contributed by atoms with E-state index < -0.39 is 0 Å². The van der Waals surface area contributed by atoms with Crippen LogP contribution in [0.3, 0.4) is 0 Å². The summed E-state index contributed by atoms with van der Waals surface area (Å²) in [5.41, 5.74) is 2.61. The number of fused-ring (bicyclic) bond motifs is 2. The van der Waals surface area contributed by atoms with E-state index in [0.29, 0.717) is 52.4 Å². The molecule has 1 N–H and O–H groups in total. The number of carbonyl (C=O) groups is 1. The quantitative estimate of drug-likeness (QED) is 0.273. The second kappa shape index (κ2) is 10.6. The molecule has 0 spiro atoms. The molecule has 0 saturated carbocycles. The molecule has 0 radical (unpaired) electrons. The minimum absolute atomic E-state index is 0.0840. The van der Waals surface area contributed by atoms with Gasteiger partial charge in [0.15, 0.2) is 5.16 Å². The number of thioether (sulfide) groups is 1. The van der Waals surface area contributed by atoms with Crippen molar-refractivity contribution in [1.29, 1.82) is 0 Å². The van der Waals surface area contributed by atoms with Crippen LogP contribution in [-0.2, 0) is 11.3 Å². The minimum atomic E-state index is -0.189. The summed E-state index contributed by atoms with van der Waals surface area (Å²) in [6.07, 6.45) is 0. The summed E-state index contributed by atoms with van der Waals surface area (Å²) in [6.45, 7) is 9.83. The Hall–Kier alpha value is -2.82. The van der Waals surface area contributed by atoms with Crippen LogP contribution in [0, 0.1) is 0 Å². The van der Waals surface area contributed by atoms with Gasteiger partial charge in [-0.15, -0.1) is 0 Å². The predicted octanol–water partition coefficient (Wildman–Crippen LogP) is 4.25. The van der Waals surface area contributed by atoms with Gasteiger partial charge in [0, 0.05) is 25.2 Å². The highest BCUT2D eigenvalue weighted by atomic mass is 32.2. The third kappa shape index (κ3) is 5.29. The molecule has 0 saturated heterocycles. The van der Waals surface area contributed by atoms with Crippen molar-refractivity contribution in [1.82, 2.24) is 23.2 Å². The molecule has 0 bridgehead atoms. The van der Waals surface area contributed by atoms with Crippen molar-refractivity contribution in [3.8, 4) is 0 Å². The Kier molecular flexibility index (Phi) is 7.60. The van der Waals surface area contributed by atoms with Crippen LogP contribution in [-0.4, -0.2) is 53.5 Å². The number of nitrogens with one attached hydrogen (secondary N) is 1. The van der Waals surface area contributed by atoms with E-state index in [-0.39, 0.29) is 17.2 Å². The highest BCUT2D eigenvalue weighted by Crippen LogP contribution is 2.23. The van der Waals surface area contributed by atoms with Crippen LogP contribution < -0.4 is 10.9 Å². The summed E-state index contributed by atoms with van der Waals surface area (Å²) < 4.78 is 10.2. The molecule has 2 heterocycles. The third-order valence-electron chi connectivity index (χ3n) is 5.63. The van der Waals surface area contributed by atoms with E-state index in [2.05, 4.69) is 46.7 Å². The Bertz CT molecular complexity index is 1360. The molecule has 0 aliphatic carbocycles. The van der Waals surface area contributed by atoms with Crippen molar-refractivity contribution in [2.24, 2.45) is 0 Å². The smallest absolute Gasteiger partial charge is 0.262 e. The zero-order chi connectivity index (χ0) is 24.2. The fraction of sp³-hybridized carbons (Fsp3) is 0.375. The summed E-state index contributed by atoms with van der Waals surface area (Å²) >= 11 is 2.38. The van der Waals surface area contributed by atoms with Crippen LogP contribution in [0.5, 0.6) is 0 Å². The molecular formula is C24H28N6O2S2. The van der Waals surface area contributed by atoms with Crippen molar-refractivity contribution in [2.75, 3.05) is 17.6 Å². The summed E-state index contributed by atoms with van der Waals surface area (Å²) in [7, 11) is 0. The molecular weight excluding hydrogens is 468 g/mol. The van der Waals surface area contributed by atoms with Crippen molar-refractivity contribution in [2.45, 2.75) is 51.5 Å². The maximum absolute atomic E-state index is 13.3. The number of nitrogens with zero attached hydrogens (tertiary/aromatic N) is 5. The Morgan fingerprint density at radius 2 is 1.79 bits per heavy atom. The van der Waals surface area contributed by atoms with Gasteiger partial charge in [0.1, 0.15) is 11.0 Å². The van der Waals surface area contributed by atoms with E-state index in [1.807, 2.05) is 36.4 Å². The lowest BCUT2D eigenvalue weighted by molar-refractivity contribution is -0.113. The van der Waals surface area contributed by atoms with Gasteiger partial charge in [-0.2, -0.15) is 8.75 Å². The average Bonchev–Trinajstić information content (AvgIpc) is 3.29. The van der Waals surface area contributed by atoms with Gasteiger partial charge in [-0.3, -0.25) is 19.1 Å². The standard InChI is InChI=1S/C24H28N6O2S2/c1-15(2)29(16(3)4)12-13-30-23(32)17-8-5-6-9-18(17)26-24(30)33-14-21(31)25-19-10-7-11-20-22(19)28-34-27-20/h5-11,15-16H,12-14H2,1-4H3,(H,25,31). The number of anilines is 1. The Morgan fingerprint density at radius 1 is 1.06 bits per heavy atom. The van der Waals surface area contributed by atoms with E-state index >= 15 is 0 Å². The molecule has 0 unspecified atom stereocenters. The minimum Gasteiger partial charge on any atom is -0.323 e. The molecule has 2 aromatic carbocycles. The van der Waals surface area contributed by atoms with Crippen LogP contribution in [0.1, 0.15) is 27.7 Å². The van der Waals surface area contributed by atoms with Crippen molar-refractivity contribution in [3.63, 3.8) is 0 Å². The lowest BCUT2D eigenvalue weighted by Crippen LogP contribution is -2.40. The first-order valence-corrected chi connectivity index (χ1v) is 13.0. The van der Waals surface area contributed by atoms with Crippen LogP contribution in [0.25, 0.3) is 21.9 Å². The second-order valence-electron chi connectivity index (χ2n) is 8.57. The third-order valence-corrected chi connectivity index (χ3v) is 7.15. The topological polar surface area (TPSA) is 93.0 Å². The fourth-order valence-corrected chi connectivity index (χ4v) is 5.38. The van der Waals surface area contributed by atoms with Crippen LogP contribution in [0.4, 0.5) is 5.69 Å². The van der Waals surface area contributed by atoms with Gasteiger partial charge in [-0.25, -0.2) is 4.98 Å². The summed E-state index contributed by atoms with van der Waals surface area (Å²) in [4.78, 5) is 33.2. The van der Waals surface area contributed by atoms with Gasteiger partial charge in [-0.1, -0.05) is 30.0 Å². The van der Waals surface area contributed by atoms with Crippen molar-refractivity contribution >= 4 is 57.0 Å². The second-order valence-corrected chi connectivity index (χ2v) is 10.0. The first kappa shape index (κ1) is 24.3. The summed E-state index contributed by atoms with van der Waals surface area (Å²) in [5, 5.41) is 4.04. The number of carbonyl (C=O) groups excluding carboxylic acids is 1. The van der Waals surface area contributed by atoms with E-state index in [0.717, 1.165) is 17.2 Å². The summed E-state index contributed by atoms with van der Waals surface area (Å²) in [6, 6.07) is 13.6. The molecule has 10 heteroatoms. The highest BCUT2D eigenvalue weighted by molar-refractivity contribution is 7.99. The van der Waals surface area contributed by atoms with E-state index in [9.17, 15) is 9.59 Å². The van der Waals surface area contributed by atoms with E-state index in [1.165, 1.54) is 11.8 Å². The lowest BCUT2D eigenvalue weighted by atomic mass is 10.2. The molecule has 4 rings (SSSR count). The van der Waals surface area contributed by atoms with Crippen LogP contribution in [0.15, 0.2) is 52.4 Å². The van der Waals surface area contributed by atoms with Gasteiger partial charge in [-0.05, 0) is 52.0 Å². The van der Waals surface area contributed by atoms with E-state index in [1.54, 1.807) is 10.6 Å². The van der Waals surface area contributed by atoms with Crippen molar-refractivity contribution < 1.29 is 4.79 Å². The number of hydrogen-bond acceptors (Lipinski definition) is 8. The molecule has 0 aliphatic heterocycles. The average molecular weight is 497 g/mol. The lowest BCUT2D eigenvalue weighted by Gasteiger charge is -2.30. The Morgan fingerprint density at radius 3 is 2.56 bits per heavy atom. The zero-order valence-electron chi connectivity index (χ0n) is 19.7. The number of para-hydroxylation sites is 1. The zero-order valence-corrected chi connectivity index (χ0v) is 21.3. The number of benzene rings is 2. The van der Waals surface area contributed by atoms with Gasteiger partial charge in [0.2, 0.25) is 5.91 Å². The number of amides is 1. The predicted molar refractivity (Wildman–Crippen MR) is 140 cm³/mol. The molecule has 0 atom stereocenters. The molecule has 34 heavy (non-hydrogen) atoms. The van der Waals surface area contributed by atoms with Gasteiger partial charge in [0.05, 0.1) is 34.1 Å². The molecule has 178 valence electrons. The van der Waals surface area contributed by atoms with Crippen LogP contribution in [0.2, 0.25) is 0 Å². The Balaban J connectivity index is 1.56. The maximum atomic E-state index is 13.3. The van der Waals surface area contributed by atoms with Gasteiger partial charge < -0.3 is 5.32 Å². The Labute approximate surface area is 206 Å². The van der Waals surface area contributed by atoms with Crippen molar-refractivity contribution in [3.05, 3.63) is 52.8 Å². The maximum Gasteiger partial charge on any atom is 0.262 e. The molecule has 2 aromatic heterocycles. The number of aromatic nitrogens is 4. The molecule has 8 nitrogen and oxygen atoms in total. The first-order chi connectivity index (χ1) is 16.3. The molecule has 0 fully saturated rings. The molecule has 4 aromatic rings. The number of rotatable bonds is 9. The highest BCUT2D eigenvalue weighted by Gasteiger charge is 2.18. The fourth-order valence-electron chi connectivity index (χ4n) is 4.01. The van der Waals surface area contributed by atoms with Crippen LogP contribution >= 0.6 is 23.5 Å². The van der Waals surface area contributed by atoms with E-state index in [4.69, 9.17) is 4.98 Å². The van der Waals surface area contributed by atoms with Gasteiger partial charge >= 0.3 is 0 Å². The molecule has 0 aliphatic rings. The first-order valence-electron chi connectivity index (χ1n) is 11.2.